The molecular weight excluding hydrogens is 628 g/mol. The molecule has 8 nitrogen and oxygen atoms in total. The Morgan fingerprint density at radius 2 is 1.38 bits per heavy atom. The second-order valence-corrected chi connectivity index (χ2v) is 17.1. The standard InChI is InChI=1S/C42H74N2O6/c1-6-7-8-9-10-11-12-13-14-15-16-17-18-19-20-23-28-42(29-24-25-30-42)39(48)44-35-27-22-21-26-33(35)34(38(46)47)31-43-37(45)36-40(2,3)32-49-41(4,5)50-36/h13-14,33-36H,6-12,15-32H2,1-5H3,(H,43,45)(H,44,48)(H,46,47). The number of carbonyl (C=O) groups is 3. The molecule has 0 aromatic heterocycles. The van der Waals surface area contributed by atoms with Crippen molar-refractivity contribution in [3.05, 3.63) is 12.2 Å². The second kappa shape index (κ2) is 21.6. The van der Waals surface area contributed by atoms with Crippen LogP contribution in [0.15, 0.2) is 12.2 Å². The van der Waals surface area contributed by atoms with Crippen molar-refractivity contribution in [3.63, 3.8) is 0 Å². The first-order valence-electron chi connectivity index (χ1n) is 20.7. The Labute approximate surface area is 305 Å². The van der Waals surface area contributed by atoms with Crippen LogP contribution in [0.5, 0.6) is 0 Å². The summed E-state index contributed by atoms with van der Waals surface area (Å²) >= 11 is 0. The van der Waals surface area contributed by atoms with Crippen molar-refractivity contribution in [3.8, 4) is 0 Å². The van der Waals surface area contributed by atoms with E-state index in [0.29, 0.717) is 6.61 Å². The fourth-order valence-electron chi connectivity index (χ4n) is 8.54. The van der Waals surface area contributed by atoms with Crippen molar-refractivity contribution in [1.29, 1.82) is 0 Å². The van der Waals surface area contributed by atoms with E-state index in [9.17, 15) is 19.5 Å². The lowest BCUT2D eigenvalue weighted by Crippen LogP contribution is -2.57. The van der Waals surface area contributed by atoms with Crippen molar-refractivity contribution in [2.24, 2.45) is 22.7 Å². The van der Waals surface area contributed by atoms with E-state index in [-0.39, 0.29) is 35.7 Å². The average molecular weight is 703 g/mol. The van der Waals surface area contributed by atoms with Gasteiger partial charge in [-0.2, -0.15) is 0 Å². The quantitative estimate of drug-likeness (QED) is 0.0722. The van der Waals surface area contributed by atoms with Crippen LogP contribution in [0.25, 0.3) is 0 Å². The van der Waals surface area contributed by atoms with Crippen LogP contribution in [0.4, 0.5) is 0 Å². The van der Waals surface area contributed by atoms with Gasteiger partial charge in [-0.3, -0.25) is 14.4 Å². The van der Waals surface area contributed by atoms with Crippen LogP contribution in [0.1, 0.15) is 182 Å². The summed E-state index contributed by atoms with van der Waals surface area (Å²) in [6.45, 7) is 10.1. The second-order valence-electron chi connectivity index (χ2n) is 17.1. The van der Waals surface area contributed by atoms with Crippen LogP contribution >= 0.6 is 0 Å². The monoisotopic (exact) mass is 703 g/mol. The van der Waals surface area contributed by atoms with Gasteiger partial charge >= 0.3 is 5.97 Å². The Morgan fingerprint density at radius 3 is 2.00 bits per heavy atom. The Bertz CT molecular complexity index is 1050. The summed E-state index contributed by atoms with van der Waals surface area (Å²) in [6, 6.07) is -0.193. The third kappa shape index (κ3) is 13.9. The zero-order chi connectivity index (χ0) is 36.5. The maximum absolute atomic E-state index is 14.0. The Hall–Kier alpha value is -1.93. The van der Waals surface area contributed by atoms with Gasteiger partial charge in [0.15, 0.2) is 5.79 Å². The summed E-state index contributed by atoms with van der Waals surface area (Å²) in [4.78, 5) is 40.0. The van der Waals surface area contributed by atoms with Crippen LogP contribution in [-0.2, 0) is 23.9 Å². The summed E-state index contributed by atoms with van der Waals surface area (Å²) in [7, 11) is 0. The Morgan fingerprint density at radius 1 is 0.800 bits per heavy atom. The van der Waals surface area contributed by atoms with Crippen molar-refractivity contribution < 1.29 is 29.0 Å². The lowest BCUT2D eigenvalue weighted by Gasteiger charge is -2.45. The van der Waals surface area contributed by atoms with E-state index in [1.54, 1.807) is 13.8 Å². The first-order chi connectivity index (χ1) is 23.9. The molecule has 2 amide bonds. The molecule has 0 radical (unpaired) electrons. The highest BCUT2D eigenvalue weighted by Gasteiger charge is 2.47. The van der Waals surface area contributed by atoms with Gasteiger partial charge < -0.3 is 25.2 Å². The van der Waals surface area contributed by atoms with Gasteiger partial charge in [-0.05, 0) is 77.6 Å². The van der Waals surface area contributed by atoms with E-state index in [1.807, 2.05) is 13.8 Å². The third-order valence-electron chi connectivity index (χ3n) is 11.8. The zero-order valence-corrected chi connectivity index (χ0v) is 32.6. The van der Waals surface area contributed by atoms with Crippen LogP contribution < -0.4 is 10.6 Å². The fraction of sp³-hybridized carbons (Fsp3) is 0.881. The summed E-state index contributed by atoms with van der Waals surface area (Å²) in [5.74, 6) is -3.00. The minimum atomic E-state index is -0.927. The summed E-state index contributed by atoms with van der Waals surface area (Å²) < 4.78 is 11.7. The number of aliphatic carboxylic acids is 1. The highest BCUT2D eigenvalue weighted by molar-refractivity contribution is 5.84. The number of ether oxygens (including phenoxy) is 2. The molecular formula is C42H74N2O6. The first-order valence-corrected chi connectivity index (χ1v) is 20.7. The maximum atomic E-state index is 14.0. The van der Waals surface area contributed by atoms with Gasteiger partial charge in [0.2, 0.25) is 11.8 Å². The normalized spacial score (nSPS) is 24.9. The van der Waals surface area contributed by atoms with E-state index in [1.165, 1.54) is 83.5 Å². The highest BCUT2D eigenvalue weighted by Crippen LogP contribution is 2.44. The molecule has 2 saturated carbocycles. The lowest BCUT2D eigenvalue weighted by molar-refractivity contribution is -0.304. The number of unbranched alkanes of at least 4 members (excludes halogenated alkanes) is 12. The molecule has 3 rings (SSSR count). The van der Waals surface area contributed by atoms with Crippen LogP contribution in [-0.4, -0.2) is 54.0 Å². The molecule has 8 heteroatoms. The SMILES string of the molecule is CCCCCCCCC=CCCCCCCCCC1(C(=O)NC2CCCCC2C(CNC(=O)C2OC(C)(C)OCC2(C)C)C(=O)O)CCCC1. The number of carbonyl (C=O) groups excluding carboxylic acids is 2. The number of carboxylic acids is 1. The van der Waals surface area contributed by atoms with E-state index in [0.717, 1.165) is 64.2 Å². The number of nitrogens with one attached hydrogen (secondary N) is 2. The fourth-order valence-corrected chi connectivity index (χ4v) is 8.54. The summed E-state index contributed by atoms with van der Waals surface area (Å²) in [6.07, 6.45) is 30.2. The van der Waals surface area contributed by atoms with E-state index < -0.39 is 29.2 Å². The molecule has 4 unspecified atom stereocenters. The molecule has 1 aliphatic heterocycles. The predicted octanol–water partition coefficient (Wildman–Crippen LogP) is 9.64. The molecule has 4 atom stereocenters. The summed E-state index contributed by atoms with van der Waals surface area (Å²) in [5, 5.41) is 16.7. The van der Waals surface area contributed by atoms with E-state index in [2.05, 4.69) is 29.7 Å². The molecule has 0 spiro atoms. The molecule has 1 saturated heterocycles. The van der Waals surface area contributed by atoms with E-state index >= 15 is 0 Å². The highest BCUT2D eigenvalue weighted by atomic mass is 16.7. The van der Waals surface area contributed by atoms with Crippen molar-refractivity contribution in [2.45, 2.75) is 200 Å². The minimum Gasteiger partial charge on any atom is -0.481 e. The Kier molecular flexibility index (Phi) is 18.3. The largest absolute Gasteiger partial charge is 0.481 e. The number of rotatable bonds is 23. The first kappa shape index (κ1) is 42.5. The zero-order valence-electron chi connectivity index (χ0n) is 32.6. The van der Waals surface area contributed by atoms with Gasteiger partial charge in [-0.1, -0.05) is 123 Å². The topological polar surface area (TPSA) is 114 Å². The average Bonchev–Trinajstić information content (AvgIpc) is 3.56. The van der Waals surface area contributed by atoms with E-state index in [4.69, 9.17) is 9.47 Å². The summed E-state index contributed by atoms with van der Waals surface area (Å²) in [5.41, 5.74) is -0.867. The van der Waals surface area contributed by atoms with Crippen LogP contribution in [0.2, 0.25) is 0 Å². The van der Waals surface area contributed by atoms with Crippen molar-refractivity contribution in [1.82, 2.24) is 10.6 Å². The van der Waals surface area contributed by atoms with Gasteiger partial charge in [-0.15, -0.1) is 0 Å². The molecule has 0 aromatic rings. The molecule has 2 aliphatic carbocycles. The Balaban J connectivity index is 1.42. The molecule has 3 N–H and O–H groups in total. The molecule has 0 aromatic carbocycles. The van der Waals surface area contributed by atoms with Gasteiger partial charge in [-0.25, -0.2) is 0 Å². The minimum absolute atomic E-state index is 0.0169. The molecule has 50 heavy (non-hydrogen) atoms. The van der Waals surface area contributed by atoms with Gasteiger partial charge in [0.1, 0.15) is 6.10 Å². The smallest absolute Gasteiger partial charge is 0.308 e. The predicted molar refractivity (Wildman–Crippen MR) is 202 cm³/mol. The molecule has 0 bridgehead atoms. The van der Waals surface area contributed by atoms with Gasteiger partial charge in [0.25, 0.3) is 0 Å². The van der Waals surface area contributed by atoms with Gasteiger partial charge in [0.05, 0.1) is 12.5 Å². The van der Waals surface area contributed by atoms with Crippen molar-refractivity contribution in [2.75, 3.05) is 13.2 Å². The number of hydrogen-bond acceptors (Lipinski definition) is 5. The number of hydrogen-bond donors (Lipinski definition) is 3. The molecule has 1 heterocycles. The third-order valence-corrected chi connectivity index (χ3v) is 11.8. The lowest BCUT2D eigenvalue weighted by atomic mass is 9.74. The molecule has 288 valence electrons. The number of allylic oxidation sites excluding steroid dienone is 2. The molecule has 3 aliphatic rings. The maximum Gasteiger partial charge on any atom is 0.308 e. The van der Waals surface area contributed by atoms with Gasteiger partial charge in [0, 0.05) is 23.4 Å². The number of carboxylic acid groups (broad SMARTS) is 1. The number of amides is 2. The van der Waals surface area contributed by atoms with Crippen LogP contribution in [0, 0.1) is 22.7 Å². The molecule has 3 fully saturated rings. The van der Waals surface area contributed by atoms with Crippen molar-refractivity contribution >= 4 is 17.8 Å². The van der Waals surface area contributed by atoms with Crippen LogP contribution in [0.3, 0.4) is 0 Å².